The van der Waals surface area contributed by atoms with Crippen molar-refractivity contribution >= 4 is 17.5 Å². The molecule has 0 aliphatic rings. The molecule has 0 aromatic heterocycles. The molecule has 2 aromatic rings. The number of amides is 1. The molecule has 22 heavy (non-hydrogen) atoms. The van der Waals surface area contributed by atoms with Crippen molar-refractivity contribution in [3.8, 4) is 0 Å². The summed E-state index contributed by atoms with van der Waals surface area (Å²) in [5.41, 5.74) is 0.566. The summed E-state index contributed by atoms with van der Waals surface area (Å²) >= 11 is 5.77. The lowest BCUT2D eigenvalue weighted by atomic mass is 10.0. The zero-order valence-electron chi connectivity index (χ0n) is 11.7. The molecule has 0 bridgehead atoms. The zero-order chi connectivity index (χ0) is 16.3. The van der Waals surface area contributed by atoms with Gasteiger partial charge in [0.05, 0.1) is 12.1 Å². The minimum absolute atomic E-state index is 0.0194. The lowest BCUT2D eigenvalue weighted by Gasteiger charge is -2.20. The van der Waals surface area contributed by atoms with Crippen molar-refractivity contribution < 1.29 is 18.7 Å². The number of nitrogens with one attached hydrogen (secondary N) is 1. The molecule has 0 aliphatic carbocycles. The van der Waals surface area contributed by atoms with Crippen molar-refractivity contribution in [2.75, 3.05) is 0 Å². The van der Waals surface area contributed by atoms with Crippen molar-refractivity contribution in [2.24, 2.45) is 0 Å². The second-order valence-electron chi connectivity index (χ2n) is 4.89. The van der Waals surface area contributed by atoms with Crippen LogP contribution in [0.3, 0.4) is 0 Å². The quantitative estimate of drug-likeness (QED) is 0.904. The van der Waals surface area contributed by atoms with Crippen molar-refractivity contribution in [3.05, 3.63) is 70.2 Å². The average Bonchev–Trinajstić information content (AvgIpc) is 2.50. The van der Waals surface area contributed by atoms with Gasteiger partial charge >= 0.3 is 0 Å². The molecule has 2 atom stereocenters. The van der Waals surface area contributed by atoms with Crippen molar-refractivity contribution in [3.63, 3.8) is 0 Å². The molecule has 0 saturated carbocycles. The minimum Gasteiger partial charge on any atom is -0.386 e. The van der Waals surface area contributed by atoms with Crippen LogP contribution in [0.4, 0.5) is 8.78 Å². The van der Waals surface area contributed by atoms with Crippen molar-refractivity contribution in [1.82, 2.24) is 5.32 Å². The standard InChI is InChI=1S/C16H14ClF2NO2/c1-9(15(21)10-2-5-12(17)6-3-10)20-16(22)11-4-7-13(18)14(19)8-11/h2-9,15,21H,1H3,(H,20,22). The molecule has 0 saturated heterocycles. The third-order valence-electron chi connectivity index (χ3n) is 3.23. The van der Waals surface area contributed by atoms with E-state index in [-0.39, 0.29) is 5.56 Å². The molecule has 0 spiro atoms. The Bertz CT molecular complexity index is 676. The molecule has 2 aromatic carbocycles. The lowest BCUT2D eigenvalue weighted by molar-refractivity contribution is 0.0851. The Hall–Kier alpha value is -1.98. The van der Waals surface area contributed by atoms with Gasteiger partial charge in [0.2, 0.25) is 0 Å². The molecule has 3 nitrogen and oxygen atoms in total. The monoisotopic (exact) mass is 325 g/mol. The first-order chi connectivity index (χ1) is 10.4. The molecule has 0 heterocycles. The van der Waals surface area contributed by atoms with E-state index in [4.69, 9.17) is 11.6 Å². The van der Waals surface area contributed by atoms with Gasteiger partial charge in [-0.15, -0.1) is 0 Å². The van der Waals surface area contributed by atoms with Gasteiger partial charge in [-0.25, -0.2) is 8.78 Å². The van der Waals surface area contributed by atoms with E-state index in [2.05, 4.69) is 5.32 Å². The fourth-order valence-electron chi connectivity index (χ4n) is 1.96. The smallest absolute Gasteiger partial charge is 0.251 e. The average molecular weight is 326 g/mol. The van der Waals surface area contributed by atoms with Crippen LogP contribution < -0.4 is 5.32 Å². The number of hydrogen-bond acceptors (Lipinski definition) is 2. The molecular weight excluding hydrogens is 312 g/mol. The summed E-state index contributed by atoms with van der Waals surface area (Å²) in [6.07, 6.45) is -0.952. The van der Waals surface area contributed by atoms with Crippen LogP contribution in [0.2, 0.25) is 5.02 Å². The maximum Gasteiger partial charge on any atom is 0.251 e. The molecule has 0 radical (unpaired) electrons. The minimum atomic E-state index is -1.10. The number of rotatable bonds is 4. The van der Waals surface area contributed by atoms with E-state index in [1.807, 2.05) is 0 Å². The second-order valence-corrected chi connectivity index (χ2v) is 5.32. The summed E-state index contributed by atoms with van der Waals surface area (Å²) in [5, 5.41) is 13.3. The van der Waals surface area contributed by atoms with Crippen LogP contribution in [-0.4, -0.2) is 17.1 Å². The van der Waals surface area contributed by atoms with Gasteiger partial charge < -0.3 is 10.4 Å². The fraction of sp³-hybridized carbons (Fsp3) is 0.188. The first-order valence-corrected chi connectivity index (χ1v) is 6.95. The Labute approximate surface area is 131 Å². The predicted molar refractivity (Wildman–Crippen MR) is 79.7 cm³/mol. The topological polar surface area (TPSA) is 49.3 Å². The Balaban J connectivity index is 2.07. The number of aliphatic hydroxyl groups is 1. The van der Waals surface area contributed by atoms with Gasteiger partial charge in [-0.05, 0) is 42.8 Å². The van der Waals surface area contributed by atoms with Gasteiger partial charge in [-0.2, -0.15) is 0 Å². The van der Waals surface area contributed by atoms with Crippen molar-refractivity contribution in [1.29, 1.82) is 0 Å². The molecule has 2 unspecified atom stereocenters. The normalized spacial score (nSPS) is 13.5. The van der Waals surface area contributed by atoms with E-state index >= 15 is 0 Å². The lowest BCUT2D eigenvalue weighted by Crippen LogP contribution is -2.37. The van der Waals surface area contributed by atoms with E-state index in [0.717, 1.165) is 12.1 Å². The van der Waals surface area contributed by atoms with Crippen LogP contribution in [0.25, 0.3) is 0 Å². The Morgan fingerprint density at radius 1 is 1.14 bits per heavy atom. The molecular formula is C16H14ClF2NO2. The van der Waals surface area contributed by atoms with Crippen LogP contribution in [-0.2, 0) is 0 Å². The second kappa shape index (κ2) is 6.85. The Kier molecular flexibility index (Phi) is 5.11. The third kappa shape index (κ3) is 3.81. The summed E-state index contributed by atoms with van der Waals surface area (Å²) in [7, 11) is 0. The number of benzene rings is 2. The summed E-state index contributed by atoms with van der Waals surface area (Å²) < 4.78 is 26.0. The number of halogens is 3. The Morgan fingerprint density at radius 3 is 2.36 bits per heavy atom. The molecule has 2 rings (SSSR count). The van der Waals surface area contributed by atoms with E-state index in [1.54, 1.807) is 31.2 Å². The van der Waals surface area contributed by atoms with Crippen LogP contribution in [0, 0.1) is 11.6 Å². The molecule has 6 heteroatoms. The van der Waals surface area contributed by atoms with Crippen molar-refractivity contribution in [2.45, 2.75) is 19.1 Å². The number of aliphatic hydroxyl groups excluding tert-OH is 1. The van der Waals surface area contributed by atoms with Crippen LogP contribution >= 0.6 is 11.6 Å². The summed E-state index contributed by atoms with van der Waals surface area (Å²) in [6.45, 7) is 1.61. The predicted octanol–water partition coefficient (Wildman–Crippen LogP) is 3.47. The maximum atomic E-state index is 13.1. The number of carbonyl (C=O) groups excluding carboxylic acids is 1. The van der Waals surface area contributed by atoms with Gasteiger partial charge in [-0.3, -0.25) is 4.79 Å². The summed E-state index contributed by atoms with van der Waals surface area (Å²) in [6, 6.07) is 8.79. The molecule has 2 N–H and O–H groups in total. The van der Waals surface area contributed by atoms with Gasteiger partial charge in [0.15, 0.2) is 11.6 Å². The molecule has 116 valence electrons. The highest BCUT2D eigenvalue weighted by molar-refractivity contribution is 6.30. The van der Waals surface area contributed by atoms with E-state index in [9.17, 15) is 18.7 Å². The summed E-state index contributed by atoms with van der Waals surface area (Å²) in [4.78, 5) is 12.0. The Morgan fingerprint density at radius 2 is 1.77 bits per heavy atom. The molecule has 1 amide bonds. The molecule has 0 aliphatic heterocycles. The highest BCUT2D eigenvalue weighted by Gasteiger charge is 2.19. The third-order valence-corrected chi connectivity index (χ3v) is 3.48. The SMILES string of the molecule is CC(NC(=O)c1ccc(F)c(F)c1)C(O)c1ccc(Cl)cc1. The first kappa shape index (κ1) is 16.4. The highest BCUT2D eigenvalue weighted by Crippen LogP contribution is 2.19. The largest absolute Gasteiger partial charge is 0.386 e. The zero-order valence-corrected chi connectivity index (χ0v) is 12.4. The van der Waals surface area contributed by atoms with Crippen LogP contribution in [0.5, 0.6) is 0 Å². The van der Waals surface area contributed by atoms with Gasteiger partial charge in [0.1, 0.15) is 0 Å². The van der Waals surface area contributed by atoms with Gasteiger partial charge in [-0.1, -0.05) is 23.7 Å². The number of carbonyl (C=O) groups is 1. The van der Waals surface area contributed by atoms with Gasteiger partial charge in [0, 0.05) is 10.6 Å². The maximum absolute atomic E-state index is 13.1. The van der Waals surface area contributed by atoms with Crippen LogP contribution in [0.1, 0.15) is 28.9 Å². The van der Waals surface area contributed by atoms with E-state index < -0.39 is 29.7 Å². The highest BCUT2D eigenvalue weighted by atomic mass is 35.5. The molecule has 0 fully saturated rings. The summed E-state index contributed by atoms with van der Waals surface area (Å²) in [5.74, 6) is -2.72. The van der Waals surface area contributed by atoms with Gasteiger partial charge in [0.25, 0.3) is 5.91 Å². The number of hydrogen-bond donors (Lipinski definition) is 2. The fourth-order valence-corrected chi connectivity index (χ4v) is 2.08. The van der Waals surface area contributed by atoms with E-state index in [1.165, 1.54) is 6.07 Å². The van der Waals surface area contributed by atoms with Crippen LogP contribution in [0.15, 0.2) is 42.5 Å². The van der Waals surface area contributed by atoms with E-state index in [0.29, 0.717) is 10.6 Å². The first-order valence-electron chi connectivity index (χ1n) is 6.58.